The molecule has 0 fully saturated rings. The molecule has 0 bridgehead atoms. The van der Waals surface area contributed by atoms with Gasteiger partial charge >= 0.3 is 0 Å². The fourth-order valence-electron chi connectivity index (χ4n) is 1.46. The van der Waals surface area contributed by atoms with Crippen LogP contribution in [0.2, 0.25) is 0 Å². The Kier molecular flexibility index (Phi) is 3.62. The maximum Gasteiger partial charge on any atom is 0.262 e. The minimum absolute atomic E-state index is 0.0282. The second-order valence-corrected chi connectivity index (χ2v) is 4.05. The highest BCUT2D eigenvalue weighted by Crippen LogP contribution is 2.09. The van der Waals surface area contributed by atoms with Gasteiger partial charge in [-0.3, -0.25) is 9.48 Å². The first-order valence-electron chi connectivity index (χ1n) is 5.61. The van der Waals surface area contributed by atoms with Crippen molar-refractivity contribution in [2.24, 2.45) is 7.05 Å². The van der Waals surface area contributed by atoms with Crippen LogP contribution in [0, 0.1) is 6.92 Å². The van der Waals surface area contributed by atoms with Gasteiger partial charge in [0.1, 0.15) is 0 Å². The van der Waals surface area contributed by atoms with Crippen LogP contribution >= 0.6 is 0 Å². The average molecular weight is 245 g/mol. The van der Waals surface area contributed by atoms with Crippen LogP contribution in [0.5, 0.6) is 5.75 Å². The molecule has 0 saturated heterocycles. The molecule has 0 radical (unpaired) electrons. The van der Waals surface area contributed by atoms with Gasteiger partial charge in [-0.25, -0.2) is 0 Å². The molecule has 5 heteroatoms. The first kappa shape index (κ1) is 12.2. The normalized spacial score (nSPS) is 10.1. The number of anilines is 1. The molecule has 0 unspecified atom stereocenters. The minimum Gasteiger partial charge on any atom is -0.480 e. The Labute approximate surface area is 105 Å². The van der Waals surface area contributed by atoms with Gasteiger partial charge in [-0.15, -0.1) is 0 Å². The Morgan fingerprint density at radius 3 is 2.72 bits per heavy atom. The summed E-state index contributed by atoms with van der Waals surface area (Å²) in [6, 6.07) is 7.60. The zero-order chi connectivity index (χ0) is 13.0. The number of nitrogens with one attached hydrogen (secondary N) is 1. The summed E-state index contributed by atoms with van der Waals surface area (Å²) in [6.07, 6.45) is 3.28. The number of hydrogen-bond acceptors (Lipinski definition) is 3. The van der Waals surface area contributed by atoms with Gasteiger partial charge in [-0.05, 0) is 19.1 Å². The van der Waals surface area contributed by atoms with E-state index in [4.69, 9.17) is 4.74 Å². The lowest BCUT2D eigenvalue weighted by Gasteiger charge is -2.06. The number of aromatic nitrogens is 2. The van der Waals surface area contributed by atoms with E-state index in [1.807, 2.05) is 31.2 Å². The number of nitrogens with zero attached hydrogens (tertiary/aromatic N) is 2. The van der Waals surface area contributed by atoms with Crippen LogP contribution in [0.1, 0.15) is 5.56 Å². The Morgan fingerprint density at radius 1 is 1.39 bits per heavy atom. The molecule has 94 valence electrons. The quantitative estimate of drug-likeness (QED) is 0.892. The maximum atomic E-state index is 11.6. The van der Waals surface area contributed by atoms with Crippen LogP contribution in [-0.2, 0) is 11.8 Å². The molecule has 2 rings (SSSR count). The van der Waals surface area contributed by atoms with E-state index in [9.17, 15) is 4.79 Å². The molecule has 1 heterocycles. The van der Waals surface area contributed by atoms with Gasteiger partial charge in [0.05, 0.1) is 12.4 Å². The van der Waals surface area contributed by atoms with Gasteiger partial charge in [-0.2, -0.15) is 5.10 Å². The van der Waals surface area contributed by atoms with Gasteiger partial charge < -0.3 is 10.1 Å². The second kappa shape index (κ2) is 5.35. The minimum atomic E-state index is -0.192. The van der Waals surface area contributed by atoms with Crippen molar-refractivity contribution in [3.05, 3.63) is 42.2 Å². The van der Waals surface area contributed by atoms with E-state index >= 15 is 0 Å². The predicted molar refractivity (Wildman–Crippen MR) is 68.5 cm³/mol. The van der Waals surface area contributed by atoms with Crippen LogP contribution in [0.25, 0.3) is 0 Å². The van der Waals surface area contributed by atoms with Crippen LogP contribution in [0.4, 0.5) is 5.69 Å². The Balaban J connectivity index is 1.83. The van der Waals surface area contributed by atoms with Crippen LogP contribution in [-0.4, -0.2) is 22.3 Å². The van der Waals surface area contributed by atoms with Gasteiger partial charge in [0, 0.05) is 12.7 Å². The summed E-state index contributed by atoms with van der Waals surface area (Å²) in [5.41, 5.74) is 1.92. The number of rotatable bonds is 4. The summed E-state index contributed by atoms with van der Waals surface area (Å²) < 4.78 is 6.91. The fraction of sp³-hybridized carbons (Fsp3) is 0.231. The molecule has 1 aromatic carbocycles. The first-order valence-corrected chi connectivity index (χ1v) is 5.61. The third-order valence-corrected chi connectivity index (χ3v) is 2.39. The number of ether oxygens (including phenoxy) is 1. The number of benzene rings is 1. The van der Waals surface area contributed by atoms with Crippen molar-refractivity contribution in [3.8, 4) is 5.75 Å². The SMILES string of the molecule is Cc1ccc(NC(=O)COc2cnn(C)c2)cc1. The van der Waals surface area contributed by atoms with Crippen molar-refractivity contribution < 1.29 is 9.53 Å². The van der Waals surface area contributed by atoms with Crippen molar-refractivity contribution in [1.29, 1.82) is 0 Å². The van der Waals surface area contributed by atoms with E-state index in [0.717, 1.165) is 11.3 Å². The number of aryl methyl sites for hydroxylation is 2. The lowest BCUT2D eigenvalue weighted by molar-refractivity contribution is -0.118. The maximum absolute atomic E-state index is 11.6. The third-order valence-electron chi connectivity index (χ3n) is 2.39. The monoisotopic (exact) mass is 245 g/mol. The van der Waals surface area contributed by atoms with E-state index in [0.29, 0.717) is 5.75 Å². The second-order valence-electron chi connectivity index (χ2n) is 4.05. The lowest BCUT2D eigenvalue weighted by Crippen LogP contribution is -2.19. The van der Waals surface area contributed by atoms with E-state index in [-0.39, 0.29) is 12.5 Å². The van der Waals surface area contributed by atoms with Gasteiger partial charge in [-0.1, -0.05) is 17.7 Å². The Morgan fingerprint density at radius 2 is 2.11 bits per heavy atom. The van der Waals surface area contributed by atoms with Crippen molar-refractivity contribution in [3.63, 3.8) is 0 Å². The molecule has 0 aliphatic carbocycles. The van der Waals surface area contributed by atoms with Crippen LogP contribution in [0.15, 0.2) is 36.7 Å². The topological polar surface area (TPSA) is 56.1 Å². The molecule has 1 N–H and O–H groups in total. The van der Waals surface area contributed by atoms with Crippen LogP contribution < -0.4 is 10.1 Å². The summed E-state index contributed by atoms with van der Waals surface area (Å²) >= 11 is 0. The van der Waals surface area contributed by atoms with Crippen molar-refractivity contribution in [1.82, 2.24) is 9.78 Å². The molecule has 18 heavy (non-hydrogen) atoms. The number of amides is 1. The summed E-state index contributed by atoms with van der Waals surface area (Å²) in [7, 11) is 1.79. The van der Waals surface area contributed by atoms with Crippen LogP contribution in [0.3, 0.4) is 0 Å². The summed E-state index contributed by atoms with van der Waals surface area (Å²) in [5.74, 6) is 0.388. The molecule has 0 aliphatic heterocycles. The number of hydrogen-bond donors (Lipinski definition) is 1. The highest BCUT2D eigenvalue weighted by Gasteiger charge is 2.04. The molecular weight excluding hydrogens is 230 g/mol. The number of carbonyl (C=O) groups excluding carboxylic acids is 1. The molecule has 0 aliphatic rings. The van der Waals surface area contributed by atoms with E-state index in [1.165, 1.54) is 0 Å². The smallest absolute Gasteiger partial charge is 0.262 e. The lowest BCUT2D eigenvalue weighted by atomic mass is 10.2. The summed E-state index contributed by atoms with van der Waals surface area (Å²) in [5, 5.41) is 6.70. The Bertz CT molecular complexity index is 531. The largest absolute Gasteiger partial charge is 0.480 e. The third kappa shape index (κ3) is 3.35. The zero-order valence-corrected chi connectivity index (χ0v) is 10.4. The van der Waals surface area contributed by atoms with Crippen molar-refractivity contribution in [2.45, 2.75) is 6.92 Å². The first-order chi connectivity index (χ1) is 8.63. The van der Waals surface area contributed by atoms with E-state index < -0.39 is 0 Å². The van der Waals surface area contributed by atoms with Gasteiger partial charge in [0.25, 0.3) is 5.91 Å². The molecule has 1 aromatic heterocycles. The molecule has 5 nitrogen and oxygen atoms in total. The fourth-order valence-corrected chi connectivity index (χ4v) is 1.46. The Hall–Kier alpha value is -2.30. The molecule has 2 aromatic rings. The molecule has 0 atom stereocenters. The zero-order valence-electron chi connectivity index (χ0n) is 10.4. The average Bonchev–Trinajstić information content (AvgIpc) is 2.76. The molecule has 0 spiro atoms. The summed E-state index contributed by atoms with van der Waals surface area (Å²) in [6.45, 7) is 1.97. The standard InChI is InChI=1S/C13H15N3O2/c1-10-3-5-11(6-4-10)15-13(17)9-18-12-7-14-16(2)8-12/h3-8H,9H2,1-2H3,(H,15,17). The van der Waals surface area contributed by atoms with E-state index in [2.05, 4.69) is 10.4 Å². The van der Waals surface area contributed by atoms with Gasteiger partial charge in [0.15, 0.2) is 12.4 Å². The summed E-state index contributed by atoms with van der Waals surface area (Å²) in [4.78, 5) is 11.6. The van der Waals surface area contributed by atoms with Crippen molar-refractivity contribution in [2.75, 3.05) is 11.9 Å². The van der Waals surface area contributed by atoms with Crippen molar-refractivity contribution >= 4 is 11.6 Å². The van der Waals surface area contributed by atoms with Gasteiger partial charge in [0.2, 0.25) is 0 Å². The molecule has 1 amide bonds. The highest BCUT2D eigenvalue weighted by molar-refractivity contribution is 5.91. The number of carbonyl (C=O) groups is 1. The molecular formula is C13H15N3O2. The van der Waals surface area contributed by atoms with E-state index in [1.54, 1.807) is 24.1 Å². The predicted octanol–water partition coefficient (Wildman–Crippen LogP) is 1.75. The molecule has 0 saturated carbocycles. The highest BCUT2D eigenvalue weighted by atomic mass is 16.5.